The number of likely N-dealkylation sites (N-methyl/N-ethyl adjacent to an activating group) is 1. The van der Waals surface area contributed by atoms with Crippen molar-refractivity contribution in [3.8, 4) is 0 Å². The maximum atomic E-state index is 4.44. The highest BCUT2D eigenvalue weighted by Crippen LogP contribution is 2.39. The Labute approximate surface area is 125 Å². The van der Waals surface area contributed by atoms with Gasteiger partial charge in [-0.05, 0) is 30.3 Å². The van der Waals surface area contributed by atoms with Crippen molar-refractivity contribution in [2.45, 2.75) is 24.3 Å². The number of benzene rings is 1. The van der Waals surface area contributed by atoms with Gasteiger partial charge >= 0.3 is 0 Å². The van der Waals surface area contributed by atoms with E-state index in [2.05, 4.69) is 53.2 Å². The first-order valence-corrected chi connectivity index (χ1v) is 8.19. The van der Waals surface area contributed by atoms with E-state index in [0.717, 1.165) is 25.3 Å². The molecule has 1 atom stereocenters. The summed E-state index contributed by atoms with van der Waals surface area (Å²) >= 11 is 1.99. The molecule has 104 valence electrons. The van der Waals surface area contributed by atoms with Gasteiger partial charge in [0.25, 0.3) is 0 Å². The van der Waals surface area contributed by atoms with Crippen LogP contribution in [0.15, 0.2) is 53.6 Å². The number of pyridine rings is 1. The molecule has 20 heavy (non-hydrogen) atoms. The van der Waals surface area contributed by atoms with Crippen LogP contribution >= 0.6 is 11.8 Å². The minimum atomic E-state index is 0.653. The smallest absolute Gasteiger partial charge is 0.0543 e. The van der Waals surface area contributed by atoms with Crippen LogP contribution < -0.4 is 0 Å². The summed E-state index contributed by atoms with van der Waals surface area (Å²) in [5, 5.41) is 0. The van der Waals surface area contributed by atoms with E-state index in [9.17, 15) is 0 Å². The molecule has 1 aliphatic heterocycles. The van der Waals surface area contributed by atoms with Crippen molar-refractivity contribution in [2.75, 3.05) is 18.8 Å². The average Bonchev–Trinajstić information content (AvgIpc) is 2.91. The highest BCUT2D eigenvalue weighted by molar-refractivity contribution is 7.99. The van der Waals surface area contributed by atoms with Crippen LogP contribution in [-0.2, 0) is 6.54 Å². The van der Waals surface area contributed by atoms with Gasteiger partial charge in [0, 0.05) is 35.9 Å². The molecule has 2 heterocycles. The van der Waals surface area contributed by atoms with E-state index in [1.54, 1.807) is 0 Å². The Morgan fingerprint density at radius 1 is 1.20 bits per heavy atom. The Hall–Kier alpha value is -1.32. The molecule has 0 saturated carbocycles. The van der Waals surface area contributed by atoms with E-state index in [0.29, 0.717) is 5.92 Å². The van der Waals surface area contributed by atoms with Crippen molar-refractivity contribution >= 4 is 11.8 Å². The van der Waals surface area contributed by atoms with Gasteiger partial charge in [-0.1, -0.05) is 31.2 Å². The second kappa shape index (κ2) is 6.42. The van der Waals surface area contributed by atoms with Gasteiger partial charge in [-0.25, -0.2) is 0 Å². The third-order valence-corrected chi connectivity index (χ3v) is 5.09. The molecule has 3 heteroatoms. The van der Waals surface area contributed by atoms with Gasteiger partial charge in [0.2, 0.25) is 0 Å². The Morgan fingerprint density at radius 3 is 2.85 bits per heavy atom. The average molecular weight is 284 g/mol. The van der Waals surface area contributed by atoms with Crippen LogP contribution in [0.3, 0.4) is 0 Å². The van der Waals surface area contributed by atoms with Crippen LogP contribution in [0, 0.1) is 0 Å². The second-order valence-electron chi connectivity index (χ2n) is 5.19. The lowest BCUT2D eigenvalue weighted by Gasteiger charge is -2.24. The molecule has 1 aliphatic rings. The van der Waals surface area contributed by atoms with Crippen LogP contribution in [0.4, 0.5) is 0 Å². The Kier molecular flexibility index (Phi) is 4.38. The molecule has 2 nitrogen and oxygen atoms in total. The summed E-state index contributed by atoms with van der Waals surface area (Å²) in [6, 6.07) is 15.0. The van der Waals surface area contributed by atoms with Crippen LogP contribution in [-0.4, -0.2) is 28.7 Å². The standard InChI is InChI=1S/C17H20N2S/c1-2-19(12-15-7-5-6-10-18-15)11-14-13-20-17-9-4-3-8-16(14)17/h3-10,14H,2,11-13H2,1H3. The molecular weight excluding hydrogens is 264 g/mol. The molecule has 1 aromatic carbocycles. The minimum absolute atomic E-state index is 0.653. The molecule has 0 radical (unpaired) electrons. The summed E-state index contributed by atoms with van der Waals surface area (Å²) < 4.78 is 0. The first-order chi connectivity index (χ1) is 9.86. The van der Waals surface area contributed by atoms with Gasteiger partial charge in [0.05, 0.1) is 5.69 Å². The highest BCUT2D eigenvalue weighted by atomic mass is 32.2. The topological polar surface area (TPSA) is 16.1 Å². The summed E-state index contributed by atoms with van der Waals surface area (Å²) in [5.74, 6) is 1.86. The SMILES string of the molecule is CCN(Cc1ccccn1)CC1CSc2ccccc21. The largest absolute Gasteiger partial charge is 0.297 e. The van der Waals surface area contributed by atoms with E-state index in [1.165, 1.54) is 16.2 Å². The first kappa shape index (κ1) is 13.7. The van der Waals surface area contributed by atoms with Gasteiger partial charge in [0.15, 0.2) is 0 Å². The van der Waals surface area contributed by atoms with Crippen molar-refractivity contribution < 1.29 is 0 Å². The van der Waals surface area contributed by atoms with Crippen LogP contribution in [0.25, 0.3) is 0 Å². The van der Waals surface area contributed by atoms with E-state index in [-0.39, 0.29) is 0 Å². The van der Waals surface area contributed by atoms with Crippen LogP contribution in [0.5, 0.6) is 0 Å². The first-order valence-electron chi connectivity index (χ1n) is 7.21. The summed E-state index contributed by atoms with van der Waals surface area (Å²) in [5.41, 5.74) is 2.69. The molecule has 0 aliphatic carbocycles. The van der Waals surface area contributed by atoms with Crippen molar-refractivity contribution in [2.24, 2.45) is 0 Å². The van der Waals surface area contributed by atoms with Gasteiger partial charge in [-0.2, -0.15) is 0 Å². The molecule has 1 unspecified atom stereocenters. The monoisotopic (exact) mass is 284 g/mol. The predicted molar refractivity (Wildman–Crippen MR) is 85.1 cm³/mol. The fraction of sp³-hybridized carbons (Fsp3) is 0.353. The van der Waals surface area contributed by atoms with Crippen molar-refractivity contribution in [3.63, 3.8) is 0 Å². The minimum Gasteiger partial charge on any atom is -0.297 e. The van der Waals surface area contributed by atoms with Gasteiger partial charge < -0.3 is 0 Å². The molecule has 1 aromatic heterocycles. The Balaban J connectivity index is 1.67. The van der Waals surface area contributed by atoms with Crippen molar-refractivity contribution in [1.29, 1.82) is 0 Å². The molecule has 0 bridgehead atoms. The maximum Gasteiger partial charge on any atom is 0.0543 e. The fourth-order valence-corrected chi connectivity index (χ4v) is 3.96. The number of fused-ring (bicyclic) bond motifs is 1. The summed E-state index contributed by atoms with van der Waals surface area (Å²) in [4.78, 5) is 8.40. The normalized spacial score (nSPS) is 17.4. The highest BCUT2D eigenvalue weighted by Gasteiger charge is 2.24. The summed E-state index contributed by atoms with van der Waals surface area (Å²) in [7, 11) is 0. The number of aromatic nitrogens is 1. The number of thioether (sulfide) groups is 1. The zero-order valence-electron chi connectivity index (χ0n) is 11.8. The van der Waals surface area contributed by atoms with Gasteiger partial charge in [-0.3, -0.25) is 9.88 Å². The molecule has 3 rings (SSSR count). The molecule has 0 saturated heterocycles. The van der Waals surface area contributed by atoms with Crippen molar-refractivity contribution in [3.05, 3.63) is 59.9 Å². The molecular formula is C17H20N2S. The quantitative estimate of drug-likeness (QED) is 0.831. The van der Waals surface area contributed by atoms with Gasteiger partial charge in [0.1, 0.15) is 0 Å². The third kappa shape index (κ3) is 3.05. The van der Waals surface area contributed by atoms with E-state index < -0.39 is 0 Å². The lowest BCUT2D eigenvalue weighted by molar-refractivity contribution is 0.264. The number of nitrogens with zero attached hydrogens (tertiary/aromatic N) is 2. The molecule has 0 amide bonds. The van der Waals surface area contributed by atoms with Crippen LogP contribution in [0.1, 0.15) is 24.1 Å². The summed E-state index contributed by atoms with van der Waals surface area (Å²) in [6.07, 6.45) is 1.88. The van der Waals surface area contributed by atoms with E-state index in [1.807, 2.05) is 24.0 Å². The zero-order valence-corrected chi connectivity index (χ0v) is 12.6. The van der Waals surface area contributed by atoms with Crippen molar-refractivity contribution in [1.82, 2.24) is 9.88 Å². The molecule has 2 aromatic rings. The zero-order chi connectivity index (χ0) is 13.8. The number of hydrogen-bond acceptors (Lipinski definition) is 3. The lowest BCUT2D eigenvalue weighted by atomic mass is 10.0. The number of rotatable bonds is 5. The van der Waals surface area contributed by atoms with E-state index in [4.69, 9.17) is 0 Å². The predicted octanol–water partition coefficient (Wildman–Crippen LogP) is 3.79. The van der Waals surface area contributed by atoms with Gasteiger partial charge in [-0.15, -0.1) is 11.8 Å². The Morgan fingerprint density at radius 2 is 2.05 bits per heavy atom. The molecule has 0 spiro atoms. The molecule has 0 N–H and O–H groups in total. The Bertz CT molecular complexity index is 556. The number of hydrogen-bond donors (Lipinski definition) is 0. The fourth-order valence-electron chi connectivity index (χ4n) is 2.72. The lowest BCUT2D eigenvalue weighted by Crippen LogP contribution is -2.28. The van der Waals surface area contributed by atoms with E-state index >= 15 is 0 Å². The second-order valence-corrected chi connectivity index (χ2v) is 6.26. The molecule has 0 fully saturated rings. The third-order valence-electron chi connectivity index (χ3n) is 3.84. The van der Waals surface area contributed by atoms with Crippen LogP contribution in [0.2, 0.25) is 0 Å². The summed E-state index contributed by atoms with van der Waals surface area (Å²) in [6.45, 7) is 5.37. The maximum absolute atomic E-state index is 4.44.